The molecule has 1 unspecified atom stereocenters. The van der Waals surface area contributed by atoms with Crippen LogP contribution < -0.4 is 4.72 Å². The van der Waals surface area contributed by atoms with Gasteiger partial charge in [-0.15, -0.1) is 4.72 Å². The number of esters is 1. The summed E-state index contributed by atoms with van der Waals surface area (Å²) in [5, 5.41) is 0. The van der Waals surface area contributed by atoms with Crippen molar-refractivity contribution in [1.29, 1.82) is 0 Å². The molecule has 0 amide bonds. The molecule has 0 radical (unpaired) electrons. The number of carbonyl (C=O) groups excluding carboxylic acids is 1. The molecule has 12 heteroatoms. The predicted molar refractivity (Wildman–Crippen MR) is 87.4 cm³/mol. The lowest BCUT2D eigenvalue weighted by Crippen LogP contribution is -2.68. The molecule has 27 heavy (non-hydrogen) atoms. The maximum Gasteiger partial charge on any atom is 0.336 e. The van der Waals surface area contributed by atoms with Gasteiger partial charge in [0.15, 0.2) is 11.6 Å². The van der Waals surface area contributed by atoms with Crippen LogP contribution in [0, 0.1) is 0 Å². The topological polar surface area (TPSA) is 139 Å². The molecule has 0 aliphatic carbocycles. The van der Waals surface area contributed by atoms with Crippen molar-refractivity contribution in [2.75, 3.05) is 6.61 Å². The number of ether oxygens (including phenoxy) is 6. The van der Waals surface area contributed by atoms with E-state index < -0.39 is 58.2 Å². The Labute approximate surface area is 157 Å². The van der Waals surface area contributed by atoms with Crippen LogP contribution in [-0.4, -0.2) is 67.4 Å². The lowest BCUT2D eigenvalue weighted by atomic mass is 9.96. The van der Waals surface area contributed by atoms with E-state index in [4.69, 9.17) is 28.4 Å². The Hall–Kier alpha value is -0.860. The molecule has 0 saturated carbocycles. The summed E-state index contributed by atoms with van der Waals surface area (Å²) in [5.74, 6) is -4.74. The Morgan fingerprint density at radius 3 is 2.48 bits per heavy atom. The summed E-state index contributed by atoms with van der Waals surface area (Å²) in [7, 11) is -4.77. The van der Waals surface area contributed by atoms with Crippen molar-refractivity contribution in [3.8, 4) is 0 Å². The lowest BCUT2D eigenvalue weighted by molar-refractivity contribution is -0.321. The van der Waals surface area contributed by atoms with Crippen LogP contribution in [0.3, 0.4) is 0 Å². The Balaban J connectivity index is 2.00. The Morgan fingerprint density at radius 2 is 1.89 bits per heavy atom. The zero-order valence-corrected chi connectivity index (χ0v) is 16.6. The van der Waals surface area contributed by atoms with Gasteiger partial charge in [-0.2, -0.15) is 8.42 Å². The molecular weight excluding hydrogens is 386 g/mol. The van der Waals surface area contributed by atoms with Gasteiger partial charge in [0.05, 0.1) is 6.61 Å². The summed E-state index contributed by atoms with van der Waals surface area (Å²) in [4.78, 5) is 11.9. The molecule has 5 atom stereocenters. The third-order valence-electron chi connectivity index (χ3n) is 4.37. The van der Waals surface area contributed by atoms with Crippen LogP contribution in [0.15, 0.2) is 0 Å². The molecular formula is C15H25NO10S. The number of nitrogens with one attached hydrogen (secondary N) is 1. The van der Waals surface area contributed by atoms with Gasteiger partial charge in [-0.05, 0) is 27.7 Å². The van der Waals surface area contributed by atoms with E-state index in [9.17, 15) is 17.8 Å². The molecule has 3 heterocycles. The van der Waals surface area contributed by atoms with E-state index >= 15 is 0 Å². The fraction of sp³-hybridized carbons (Fsp3) is 0.933. The smallest absolute Gasteiger partial charge is 0.336 e. The fourth-order valence-electron chi connectivity index (χ4n) is 3.54. The van der Waals surface area contributed by atoms with Crippen molar-refractivity contribution >= 4 is 16.3 Å². The Bertz CT molecular complexity index is 707. The highest BCUT2D eigenvalue weighted by molar-refractivity contribution is 7.83. The van der Waals surface area contributed by atoms with E-state index in [-0.39, 0.29) is 13.0 Å². The van der Waals surface area contributed by atoms with E-state index in [1.54, 1.807) is 27.7 Å². The van der Waals surface area contributed by atoms with Crippen LogP contribution in [0.4, 0.5) is 0 Å². The fourth-order valence-corrected chi connectivity index (χ4v) is 4.02. The van der Waals surface area contributed by atoms with Gasteiger partial charge in [-0.1, -0.05) is 6.92 Å². The Morgan fingerprint density at radius 1 is 1.22 bits per heavy atom. The van der Waals surface area contributed by atoms with Gasteiger partial charge in [0, 0.05) is 6.42 Å². The molecule has 2 N–H and O–H groups in total. The summed E-state index contributed by atoms with van der Waals surface area (Å²) in [5.41, 5.74) is 0. The van der Waals surface area contributed by atoms with Gasteiger partial charge < -0.3 is 28.4 Å². The van der Waals surface area contributed by atoms with Crippen molar-refractivity contribution in [3.05, 3.63) is 0 Å². The van der Waals surface area contributed by atoms with Crippen molar-refractivity contribution in [3.63, 3.8) is 0 Å². The van der Waals surface area contributed by atoms with Gasteiger partial charge in [0.1, 0.15) is 18.3 Å². The third-order valence-corrected chi connectivity index (χ3v) is 4.88. The van der Waals surface area contributed by atoms with Crippen LogP contribution in [0.5, 0.6) is 0 Å². The normalized spacial score (nSPS) is 38.1. The minimum absolute atomic E-state index is 0.0304. The lowest BCUT2D eigenvalue weighted by Gasteiger charge is -2.43. The summed E-state index contributed by atoms with van der Waals surface area (Å²) in [6.45, 7) is 8.14. The van der Waals surface area contributed by atoms with E-state index in [2.05, 4.69) is 0 Å². The first kappa shape index (κ1) is 20.9. The molecule has 3 aliphatic heterocycles. The van der Waals surface area contributed by atoms with Crippen LogP contribution >= 0.6 is 0 Å². The molecule has 3 saturated heterocycles. The molecule has 3 rings (SSSR count). The molecule has 156 valence electrons. The highest BCUT2D eigenvalue weighted by Crippen LogP contribution is 2.49. The second-order valence-corrected chi connectivity index (χ2v) is 8.71. The minimum Gasteiger partial charge on any atom is -0.439 e. The first-order valence-corrected chi connectivity index (χ1v) is 10.0. The zero-order valence-electron chi connectivity index (χ0n) is 15.8. The summed E-state index contributed by atoms with van der Waals surface area (Å²) < 4.78 is 68.6. The maximum absolute atomic E-state index is 11.9. The van der Waals surface area contributed by atoms with Gasteiger partial charge >= 0.3 is 16.3 Å². The average Bonchev–Trinajstić information content (AvgIpc) is 2.96. The maximum atomic E-state index is 11.9. The van der Waals surface area contributed by atoms with Crippen molar-refractivity contribution in [2.45, 2.75) is 82.9 Å². The van der Waals surface area contributed by atoms with Crippen LogP contribution in [0.25, 0.3) is 0 Å². The number of carbonyl (C=O) groups is 1. The van der Waals surface area contributed by atoms with Gasteiger partial charge in [-0.3, -0.25) is 9.35 Å². The summed E-state index contributed by atoms with van der Waals surface area (Å²) in [6, 6.07) is 0. The van der Waals surface area contributed by atoms with E-state index in [1.807, 2.05) is 4.72 Å². The molecule has 11 nitrogen and oxygen atoms in total. The highest BCUT2D eigenvalue weighted by atomic mass is 32.2. The summed E-state index contributed by atoms with van der Waals surface area (Å²) >= 11 is 0. The minimum atomic E-state index is -4.77. The predicted octanol–water partition coefficient (Wildman–Crippen LogP) is 0.0562. The second kappa shape index (κ2) is 6.59. The molecule has 0 bridgehead atoms. The first-order chi connectivity index (χ1) is 12.3. The number of hydrogen-bond acceptors (Lipinski definition) is 9. The monoisotopic (exact) mass is 411 g/mol. The summed E-state index contributed by atoms with van der Waals surface area (Å²) in [6.07, 6.45) is -3.92. The van der Waals surface area contributed by atoms with E-state index in [0.717, 1.165) is 0 Å². The second-order valence-electron chi connectivity index (χ2n) is 7.53. The van der Waals surface area contributed by atoms with Crippen LogP contribution in [0.1, 0.15) is 41.0 Å². The van der Waals surface area contributed by atoms with Crippen LogP contribution in [-0.2, 0) is 43.5 Å². The molecule has 0 aromatic rings. The van der Waals surface area contributed by atoms with Gasteiger partial charge in [0.25, 0.3) is 5.79 Å². The zero-order chi connectivity index (χ0) is 20.3. The SMILES string of the molecule is CCC(=O)OC(NS(=O)(=O)O)[C@@]12OC[C@H]3OC(C)(C)O[C@H]3[C@@H]1OC(C)(C)O2. The largest absolute Gasteiger partial charge is 0.439 e. The van der Waals surface area contributed by atoms with Crippen molar-refractivity contribution in [1.82, 2.24) is 4.72 Å². The quantitative estimate of drug-likeness (QED) is 0.362. The number of fused-ring (bicyclic) bond motifs is 3. The average molecular weight is 411 g/mol. The first-order valence-electron chi connectivity index (χ1n) is 8.59. The van der Waals surface area contributed by atoms with E-state index in [1.165, 1.54) is 6.92 Å². The number of rotatable bonds is 5. The molecule has 0 aromatic carbocycles. The van der Waals surface area contributed by atoms with Gasteiger partial charge in [-0.25, -0.2) is 0 Å². The standard InChI is InChI=1S/C15H25NO10S/c1-6-9(17)22-12(16-27(18,19)20)15-11(25-14(4,5)26-15)10-8(7-21-15)23-13(2,3)24-10/h8,10-12,16H,6-7H2,1-5H3,(H,18,19,20)/t8-,10-,11+,12?,15-/m1/s1. The van der Waals surface area contributed by atoms with Crippen molar-refractivity contribution < 1.29 is 46.2 Å². The van der Waals surface area contributed by atoms with Gasteiger partial charge in [0.2, 0.25) is 6.23 Å². The molecule has 0 aromatic heterocycles. The number of hydrogen-bond donors (Lipinski definition) is 2. The molecule has 0 spiro atoms. The van der Waals surface area contributed by atoms with Crippen molar-refractivity contribution in [2.24, 2.45) is 0 Å². The molecule has 3 fully saturated rings. The van der Waals surface area contributed by atoms with E-state index in [0.29, 0.717) is 0 Å². The third kappa shape index (κ3) is 4.12. The molecule has 3 aliphatic rings. The van der Waals surface area contributed by atoms with Crippen LogP contribution in [0.2, 0.25) is 0 Å². The Kier molecular flexibility index (Phi) is 5.09. The highest BCUT2D eigenvalue weighted by Gasteiger charge is 2.69.